The quantitative estimate of drug-likeness (QED) is 0.467. The van der Waals surface area contributed by atoms with Gasteiger partial charge in [-0.2, -0.15) is 0 Å². The van der Waals surface area contributed by atoms with Crippen molar-refractivity contribution < 1.29 is 4.39 Å². The summed E-state index contributed by atoms with van der Waals surface area (Å²) in [7, 11) is 0. The second kappa shape index (κ2) is 9.03. The van der Waals surface area contributed by atoms with Gasteiger partial charge in [-0.1, -0.05) is 23.7 Å². The zero-order valence-electron chi connectivity index (χ0n) is 19.1. The van der Waals surface area contributed by atoms with Crippen LogP contribution in [-0.4, -0.2) is 40.6 Å². The van der Waals surface area contributed by atoms with Crippen molar-refractivity contribution in [2.75, 3.05) is 31.1 Å². The summed E-state index contributed by atoms with van der Waals surface area (Å²) in [6.07, 6.45) is 6.19. The topological polar surface area (TPSA) is 24.3 Å². The van der Waals surface area contributed by atoms with Gasteiger partial charge in [0.25, 0.3) is 0 Å². The Bertz CT molecular complexity index is 1100. The number of likely N-dealkylation sites (tertiary alicyclic amines) is 1. The van der Waals surface area contributed by atoms with Gasteiger partial charge in [-0.25, -0.2) is 9.37 Å². The maximum Gasteiger partial charge on any atom is 0.206 e. The molecule has 0 amide bonds. The van der Waals surface area contributed by atoms with Crippen LogP contribution in [-0.2, 0) is 13.1 Å². The van der Waals surface area contributed by atoms with E-state index in [-0.39, 0.29) is 5.82 Å². The molecule has 2 aliphatic heterocycles. The molecule has 0 saturated carbocycles. The Hall–Kier alpha value is -2.11. The van der Waals surface area contributed by atoms with Crippen LogP contribution in [0.25, 0.3) is 11.0 Å². The Balaban J connectivity index is 1.62. The van der Waals surface area contributed by atoms with Gasteiger partial charge in [-0.3, -0.25) is 4.90 Å². The molecule has 2 fully saturated rings. The van der Waals surface area contributed by atoms with E-state index in [2.05, 4.69) is 20.4 Å². The van der Waals surface area contributed by atoms with Crippen molar-refractivity contribution in [1.29, 1.82) is 0 Å². The Labute approximate surface area is 195 Å². The van der Waals surface area contributed by atoms with Crippen molar-refractivity contribution in [2.45, 2.75) is 59.0 Å². The molecule has 5 rings (SSSR count). The highest BCUT2D eigenvalue weighted by Gasteiger charge is 2.23. The number of nitrogens with zero attached hydrogens (tertiary/aromatic N) is 4. The molecular formula is C26H32ClFN4. The lowest BCUT2D eigenvalue weighted by Crippen LogP contribution is -2.32. The average Bonchev–Trinajstić information content (AvgIpc) is 3.41. The van der Waals surface area contributed by atoms with E-state index < -0.39 is 0 Å². The first-order valence-electron chi connectivity index (χ1n) is 11.9. The van der Waals surface area contributed by atoms with E-state index in [1.165, 1.54) is 37.7 Å². The third-order valence-electron chi connectivity index (χ3n) is 6.95. The molecule has 0 aliphatic carbocycles. The number of halogens is 2. The van der Waals surface area contributed by atoms with Crippen LogP contribution in [0, 0.1) is 19.7 Å². The summed E-state index contributed by atoms with van der Waals surface area (Å²) in [5, 5.41) is 0.754. The van der Waals surface area contributed by atoms with Gasteiger partial charge in [0.2, 0.25) is 5.95 Å². The van der Waals surface area contributed by atoms with Gasteiger partial charge < -0.3 is 9.47 Å². The number of fused-ring (bicyclic) bond motifs is 1. The molecule has 0 N–H and O–H groups in total. The zero-order valence-corrected chi connectivity index (χ0v) is 19.9. The van der Waals surface area contributed by atoms with Crippen LogP contribution in [0.1, 0.15) is 54.4 Å². The summed E-state index contributed by atoms with van der Waals surface area (Å²) in [5.74, 6) is 0.903. The fraction of sp³-hybridized carbons (Fsp3) is 0.500. The van der Waals surface area contributed by atoms with Gasteiger partial charge in [-0.15, -0.1) is 0 Å². The number of piperidine rings is 1. The summed E-state index contributed by atoms with van der Waals surface area (Å²) >= 11 is 6.63. The highest BCUT2D eigenvalue weighted by atomic mass is 35.5. The molecule has 2 aliphatic rings. The van der Waals surface area contributed by atoms with Crippen molar-refractivity contribution in [2.24, 2.45) is 0 Å². The van der Waals surface area contributed by atoms with Crippen LogP contribution in [0.5, 0.6) is 0 Å². The van der Waals surface area contributed by atoms with Crippen LogP contribution >= 0.6 is 11.6 Å². The van der Waals surface area contributed by atoms with Gasteiger partial charge in [0, 0.05) is 24.7 Å². The second-order valence-corrected chi connectivity index (χ2v) is 9.94. The number of hydrogen-bond acceptors (Lipinski definition) is 3. The highest BCUT2D eigenvalue weighted by molar-refractivity contribution is 6.31. The molecule has 6 heteroatoms. The predicted octanol–water partition coefficient (Wildman–Crippen LogP) is 6.08. The number of rotatable bonds is 5. The summed E-state index contributed by atoms with van der Waals surface area (Å²) in [5.41, 5.74) is 5.82. The smallest absolute Gasteiger partial charge is 0.206 e. The normalized spacial score (nSPS) is 17.6. The van der Waals surface area contributed by atoms with Gasteiger partial charge in [0.1, 0.15) is 5.82 Å². The summed E-state index contributed by atoms with van der Waals surface area (Å²) in [6, 6.07) is 8.06. The molecule has 0 radical (unpaired) electrons. The molecule has 170 valence electrons. The molecule has 0 atom stereocenters. The Morgan fingerprint density at radius 3 is 2.22 bits per heavy atom. The van der Waals surface area contributed by atoms with Gasteiger partial charge in [0.15, 0.2) is 0 Å². The minimum absolute atomic E-state index is 0.114. The second-order valence-electron chi connectivity index (χ2n) is 9.51. The molecule has 0 unspecified atom stereocenters. The molecule has 0 spiro atoms. The van der Waals surface area contributed by atoms with Crippen LogP contribution in [0.4, 0.5) is 10.3 Å². The number of imidazole rings is 1. The van der Waals surface area contributed by atoms with Gasteiger partial charge >= 0.3 is 0 Å². The number of benzene rings is 2. The van der Waals surface area contributed by atoms with E-state index in [0.29, 0.717) is 17.7 Å². The van der Waals surface area contributed by atoms with Crippen molar-refractivity contribution in [3.63, 3.8) is 0 Å². The molecule has 1 aromatic heterocycles. The maximum atomic E-state index is 14.3. The summed E-state index contributed by atoms with van der Waals surface area (Å²) in [4.78, 5) is 10.1. The molecular weight excluding hydrogens is 423 g/mol. The van der Waals surface area contributed by atoms with E-state index in [4.69, 9.17) is 16.6 Å². The molecule has 3 aromatic rings. The van der Waals surface area contributed by atoms with Crippen LogP contribution in [0.3, 0.4) is 0 Å². The first-order chi connectivity index (χ1) is 15.5. The molecule has 0 bridgehead atoms. The third kappa shape index (κ3) is 4.25. The number of anilines is 1. The minimum Gasteiger partial charge on any atom is -0.342 e. The number of aryl methyl sites for hydroxylation is 2. The Kier molecular flexibility index (Phi) is 6.13. The first-order valence-corrected chi connectivity index (χ1v) is 12.3. The van der Waals surface area contributed by atoms with E-state index in [1.807, 2.05) is 32.0 Å². The SMILES string of the molecule is Cc1cc(Cn2c(N3CCCCC3)nc3c(CN4CCCC4)cc(Cl)cc32)cc(C)c1F. The standard InChI is InChI=1S/C26H32ClFN4/c1-18-12-20(13-19(2)24(18)28)16-32-23-15-22(27)14-21(17-30-8-6-7-9-30)25(23)29-26(32)31-10-4-3-5-11-31/h12-15H,3-11,16-17H2,1-2H3. The lowest BCUT2D eigenvalue weighted by molar-refractivity contribution is 0.332. The van der Waals surface area contributed by atoms with Gasteiger partial charge in [0.05, 0.1) is 17.6 Å². The minimum atomic E-state index is -0.114. The molecule has 32 heavy (non-hydrogen) atoms. The van der Waals surface area contributed by atoms with E-state index in [0.717, 1.165) is 60.3 Å². The molecule has 2 saturated heterocycles. The van der Waals surface area contributed by atoms with Gasteiger partial charge in [-0.05, 0) is 93.4 Å². The Morgan fingerprint density at radius 1 is 0.875 bits per heavy atom. The predicted molar refractivity (Wildman–Crippen MR) is 130 cm³/mol. The molecule has 4 nitrogen and oxygen atoms in total. The van der Waals surface area contributed by atoms with Crippen LogP contribution in [0.15, 0.2) is 24.3 Å². The van der Waals surface area contributed by atoms with Crippen molar-refractivity contribution in [3.05, 3.63) is 57.4 Å². The van der Waals surface area contributed by atoms with E-state index in [1.54, 1.807) is 0 Å². The van der Waals surface area contributed by atoms with Crippen LogP contribution in [0.2, 0.25) is 5.02 Å². The summed E-state index contributed by atoms with van der Waals surface area (Å²) < 4.78 is 16.6. The van der Waals surface area contributed by atoms with Crippen molar-refractivity contribution >= 4 is 28.6 Å². The van der Waals surface area contributed by atoms with Crippen molar-refractivity contribution in [1.82, 2.24) is 14.5 Å². The summed E-state index contributed by atoms with van der Waals surface area (Å²) in [6.45, 7) is 9.57. The van der Waals surface area contributed by atoms with Crippen LogP contribution < -0.4 is 4.90 Å². The largest absolute Gasteiger partial charge is 0.342 e. The first kappa shape index (κ1) is 21.7. The monoisotopic (exact) mass is 454 g/mol. The lowest BCUT2D eigenvalue weighted by Gasteiger charge is -2.28. The third-order valence-corrected chi connectivity index (χ3v) is 7.16. The fourth-order valence-corrected chi connectivity index (χ4v) is 5.58. The number of aromatic nitrogens is 2. The average molecular weight is 455 g/mol. The highest BCUT2D eigenvalue weighted by Crippen LogP contribution is 2.32. The maximum absolute atomic E-state index is 14.3. The van der Waals surface area contributed by atoms with Crippen molar-refractivity contribution in [3.8, 4) is 0 Å². The zero-order chi connectivity index (χ0) is 22.2. The molecule has 2 aromatic carbocycles. The fourth-order valence-electron chi connectivity index (χ4n) is 5.35. The Morgan fingerprint density at radius 2 is 1.53 bits per heavy atom. The number of hydrogen-bond donors (Lipinski definition) is 0. The van der Waals surface area contributed by atoms with E-state index >= 15 is 0 Å². The lowest BCUT2D eigenvalue weighted by atomic mass is 10.1. The van der Waals surface area contributed by atoms with E-state index in [9.17, 15) is 4.39 Å². The molecule has 3 heterocycles.